The SMILES string of the molecule is COc1ccc2nc(N3C(=O)C(=O)C(=C(O)c4ccc(OC)c(C)c4)C3c3ccc(C)cc3)sc2c1. The van der Waals surface area contributed by atoms with Crippen molar-refractivity contribution in [3.05, 3.63) is 88.5 Å². The van der Waals surface area contributed by atoms with Crippen LogP contribution in [0.4, 0.5) is 5.13 Å². The van der Waals surface area contributed by atoms with E-state index < -0.39 is 17.7 Å². The van der Waals surface area contributed by atoms with Gasteiger partial charge in [-0.25, -0.2) is 4.98 Å². The van der Waals surface area contributed by atoms with Gasteiger partial charge in [-0.05, 0) is 61.4 Å². The molecule has 3 aromatic carbocycles. The second-order valence-corrected chi connectivity index (χ2v) is 9.60. The molecule has 1 amide bonds. The number of carbonyl (C=O) groups excluding carboxylic acids is 2. The minimum atomic E-state index is -0.838. The van der Waals surface area contributed by atoms with Crippen LogP contribution >= 0.6 is 11.3 Å². The minimum absolute atomic E-state index is 0.0188. The van der Waals surface area contributed by atoms with Gasteiger partial charge < -0.3 is 14.6 Å². The van der Waals surface area contributed by atoms with Gasteiger partial charge in [0.1, 0.15) is 17.3 Å². The number of hydrogen-bond acceptors (Lipinski definition) is 7. The average molecular weight is 501 g/mol. The monoisotopic (exact) mass is 500 g/mol. The van der Waals surface area contributed by atoms with Crippen molar-refractivity contribution in [1.29, 1.82) is 0 Å². The molecule has 1 unspecified atom stereocenters. The summed E-state index contributed by atoms with van der Waals surface area (Å²) in [5.41, 5.74) is 3.66. The quantitative estimate of drug-likeness (QED) is 0.219. The van der Waals surface area contributed by atoms with Crippen molar-refractivity contribution >= 4 is 44.1 Å². The van der Waals surface area contributed by atoms with Crippen LogP contribution in [0.5, 0.6) is 11.5 Å². The summed E-state index contributed by atoms with van der Waals surface area (Å²) in [5, 5.41) is 11.7. The molecule has 4 aromatic rings. The van der Waals surface area contributed by atoms with Gasteiger partial charge in [-0.3, -0.25) is 14.5 Å². The molecule has 36 heavy (non-hydrogen) atoms. The Balaban J connectivity index is 1.71. The number of methoxy groups -OCH3 is 2. The maximum atomic E-state index is 13.4. The molecule has 0 saturated carbocycles. The first-order chi connectivity index (χ1) is 17.3. The number of carbonyl (C=O) groups is 2. The molecule has 8 heteroatoms. The lowest BCUT2D eigenvalue weighted by atomic mass is 9.94. The van der Waals surface area contributed by atoms with Crippen LogP contribution in [0.1, 0.15) is 28.3 Å². The highest BCUT2D eigenvalue weighted by atomic mass is 32.1. The van der Waals surface area contributed by atoms with Crippen molar-refractivity contribution in [3.63, 3.8) is 0 Å². The third kappa shape index (κ3) is 3.89. The highest BCUT2D eigenvalue weighted by Gasteiger charge is 2.48. The second-order valence-electron chi connectivity index (χ2n) is 8.59. The zero-order valence-corrected chi connectivity index (χ0v) is 21.1. The molecular weight excluding hydrogens is 476 g/mol. The van der Waals surface area contributed by atoms with Gasteiger partial charge in [0, 0.05) is 5.56 Å². The van der Waals surface area contributed by atoms with E-state index in [9.17, 15) is 14.7 Å². The number of hydrogen-bond donors (Lipinski definition) is 1. The maximum Gasteiger partial charge on any atom is 0.301 e. The van der Waals surface area contributed by atoms with Gasteiger partial charge in [0.15, 0.2) is 5.13 Å². The zero-order valence-electron chi connectivity index (χ0n) is 20.2. The van der Waals surface area contributed by atoms with Crippen LogP contribution in [0.15, 0.2) is 66.2 Å². The summed E-state index contributed by atoms with van der Waals surface area (Å²) in [4.78, 5) is 32.9. The number of aryl methyl sites for hydroxylation is 2. The Bertz CT molecular complexity index is 1540. The number of aliphatic hydroxyl groups is 1. The molecule has 182 valence electrons. The molecular formula is C28H24N2O5S. The number of Topliss-reactive ketones (excluding diaryl/α,β-unsaturated/α-hetero) is 1. The van der Waals surface area contributed by atoms with E-state index in [1.165, 1.54) is 16.2 Å². The Labute approximate surface area is 212 Å². The first kappa shape index (κ1) is 23.6. The van der Waals surface area contributed by atoms with Crippen LogP contribution in [0.2, 0.25) is 0 Å². The van der Waals surface area contributed by atoms with E-state index in [-0.39, 0.29) is 11.3 Å². The van der Waals surface area contributed by atoms with E-state index in [0.717, 1.165) is 15.8 Å². The van der Waals surface area contributed by atoms with Gasteiger partial charge >= 0.3 is 5.91 Å². The third-order valence-electron chi connectivity index (χ3n) is 6.30. The number of anilines is 1. The Morgan fingerprint density at radius 1 is 0.972 bits per heavy atom. The summed E-state index contributed by atoms with van der Waals surface area (Å²) in [5.74, 6) is -0.409. The van der Waals surface area contributed by atoms with E-state index in [0.29, 0.717) is 33.3 Å². The van der Waals surface area contributed by atoms with Gasteiger partial charge in [0.25, 0.3) is 5.78 Å². The van der Waals surface area contributed by atoms with Gasteiger partial charge in [-0.2, -0.15) is 0 Å². The Morgan fingerprint density at radius 3 is 2.39 bits per heavy atom. The Hall–Kier alpha value is -4.17. The van der Waals surface area contributed by atoms with Crippen molar-refractivity contribution in [2.45, 2.75) is 19.9 Å². The van der Waals surface area contributed by atoms with E-state index in [1.807, 2.05) is 50.2 Å². The molecule has 0 bridgehead atoms. The highest BCUT2D eigenvalue weighted by molar-refractivity contribution is 7.22. The van der Waals surface area contributed by atoms with Crippen molar-refractivity contribution in [3.8, 4) is 11.5 Å². The largest absolute Gasteiger partial charge is 0.507 e. The summed E-state index contributed by atoms with van der Waals surface area (Å²) in [6.45, 7) is 3.81. The molecule has 0 aliphatic carbocycles. The number of ketones is 1. The van der Waals surface area contributed by atoms with E-state index in [4.69, 9.17) is 9.47 Å². The lowest BCUT2D eigenvalue weighted by molar-refractivity contribution is -0.132. The van der Waals surface area contributed by atoms with E-state index in [1.54, 1.807) is 38.5 Å². The van der Waals surface area contributed by atoms with Gasteiger partial charge in [0.2, 0.25) is 0 Å². The molecule has 5 rings (SSSR count). The maximum absolute atomic E-state index is 13.4. The fourth-order valence-electron chi connectivity index (χ4n) is 4.40. The minimum Gasteiger partial charge on any atom is -0.507 e. The number of thiazole rings is 1. The van der Waals surface area contributed by atoms with Crippen LogP contribution < -0.4 is 14.4 Å². The van der Waals surface area contributed by atoms with Gasteiger partial charge in [-0.15, -0.1) is 0 Å². The number of fused-ring (bicyclic) bond motifs is 1. The van der Waals surface area contributed by atoms with Crippen LogP contribution in [-0.4, -0.2) is 36.0 Å². The normalized spacial score (nSPS) is 17.1. The molecule has 1 N–H and O–H groups in total. The van der Waals surface area contributed by atoms with Gasteiger partial charge in [0.05, 0.1) is 36.1 Å². The topological polar surface area (TPSA) is 89.0 Å². The second kappa shape index (κ2) is 9.13. The number of benzene rings is 3. The number of aliphatic hydroxyl groups excluding tert-OH is 1. The first-order valence-corrected chi connectivity index (χ1v) is 12.1. The lowest BCUT2D eigenvalue weighted by Gasteiger charge is -2.23. The van der Waals surface area contributed by atoms with Crippen molar-refractivity contribution in [2.24, 2.45) is 0 Å². The molecule has 0 radical (unpaired) electrons. The first-order valence-electron chi connectivity index (χ1n) is 11.3. The number of rotatable bonds is 5. The molecule has 0 spiro atoms. The average Bonchev–Trinajstić information content (AvgIpc) is 3.41. The molecule has 2 heterocycles. The molecule has 7 nitrogen and oxygen atoms in total. The number of ether oxygens (including phenoxy) is 2. The summed E-state index contributed by atoms with van der Waals surface area (Å²) in [6, 6.07) is 17.3. The molecule has 1 fully saturated rings. The summed E-state index contributed by atoms with van der Waals surface area (Å²) in [7, 11) is 3.15. The predicted octanol–water partition coefficient (Wildman–Crippen LogP) is 5.56. The number of amides is 1. The van der Waals surface area contributed by atoms with Crippen molar-refractivity contribution < 1.29 is 24.2 Å². The van der Waals surface area contributed by atoms with Gasteiger partial charge in [-0.1, -0.05) is 41.2 Å². The van der Waals surface area contributed by atoms with Crippen LogP contribution in [0.3, 0.4) is 0 Å². The molecule has 1 aromatic heterocycles. The molecule has 1 saturated heterocycles. The number of aromatic nitrogens is 1. The smallest absolute Gasteiger partial charge is 0.301 e. The highest BCUT2D eigenvalue weighted by Crippen LogP contribution is 2.44. The fraction of sp³-hybridized carbons (Fsp3) is 0.179. The van der Waals surface area contributed by atoms with Crippen LogP contribution in [0, 0.1) is 13.8 Å². The molecule has 1 atom stereocenters. The van der Waals surface area contributed by atoms with Crippen molar-refractivity contribution in [1.82, 2.24) is 4.98 Å². The standard InChI is InChI=1S/C28H24N2O5S/c1-15-5-7-17(8-6-15)24-23(25(31)18-9-12-21(35-4)16(2)13-18)26(32)27(33)30(24)28-29-20-11-10-19(34-3)14-22(20)36-28/h5-14,24,31H,1-4H3. The third-order valence-corrected chi connectivity index (χ3v) is 7.31. The molecule has 1 aliphatic heterocycles. The van der Waals surface area contributed by atoms with E-state index in [2.05, 4.69) is 4.98 Å². The summed E-state index contributed by atoms with van der Waals surface area (Å²) < 4.78 is 11.5. The number of nitrogens with zero attached hydrogens (tertiary/aromatic N) is 2. The van der Waals surface area contributed by atoms with Crippen LogP contribution in [-0.2, 0) is 9.59 Å². The predicted molar refractivity (Wildman–Crippen MR) is 140 cm³/mol. The zero-order chi connectivity index (χ0) is 25.6. The lowest BCUT2D eigenvalue weighted by Crippen LogP contribution is -2.29. The fourth-order valence-corrected chi connectivity index (χ4v) is 5.42. The van der Waals surface area contributed by atoms with Crippen LogP contribution in [0.25, 0.3) is 16.0 Å². The summed E-state index contributed by atoms with van der Waals surface area (Å²) >= 11 is 1.29. The Morgan fingerprint density at radius 2 is 1.72 bits per heavy atom. The Kier molecular flexibility index (Phi) is 5.97. The summed E-state index contributed by atoms with van der Waals surface area (Å²) in [6.07, 6.45) is 0. The van der Waals surface area contributed by atoms with Crippen molar-refractivity contribution in [2.75, 3.05) is 19.1 Å². The van der Waals surface area contributed by atoms with E-state index >= 15 is 0 Å². The molecule has 1 aliphatic rings.